The molecule has 0 saturated carbocycles. The summed E-state index contributed by atoms with van der Waals surface area (Å²) in [6.07, 6.45) is -22.2. The highest BCUT2D eigenvalue weighted by molar-refractivity contribution is 8.00. The molecule has 19 atom stereocenters. The summed E-state index contributed by atoms with van der Waals surface area (Å²) < 4.78 is 29.0. The largest absolute Gasteiger partial charge is 0.394 e. The first-order valence-electron chi connectivity index (χ1n) is 17.2. The van der Waals surface area contributed by atoms with Crippen molar-refractivity contribution in [2.75, 3.05) is 19.8 Å². The van der Waals surface area contributed by atoms with Crippen molar-refractivity contribution in [3.8, 4) is 0 Å². The number of nitrogens with one attached hydrogen (secondary N) is 2. The van der Waals surface area contributed by atoms with Gasteiger partial charge in [-0.15, -0.1) is 0 Å². The van der Waals surface area contributed by atoms with Gasteiger partial charge < -0.3 is 95.3 Å². The zero-order chi connectivity index (χ0) is 38.3. The van der Waals surface area contributed by atoms with Crippen LogP contribution in [0.15, 0.2) is 47.0 Å². The summed E-state index contributed by atoms with van der Waals surface area (Å²) >= 11 is 1.12. The fourth-order valence-corrected chi connectivity index (χ4v) is 8.35. The lowest BCUT2D eigenvalue weighted by Crippen LogP contribution is -2.68. The lowest BCUT2D eigenvalue weighted by Gasteiger charge is -2.49. The Balaban J connectivity index is 1.09. The molecule has 53 heavy (non-hydrogen) atoms. The molecule has 3 aliphatic heterocycles. The Bertz CT molecular complexity index is 1530. The molecule has 19 unspecified atom stereocenters. The van der Waals surface area contributed by atoms with Gasteiger partial charge in [0.05, 0.1) is 38.0 Å². The lowest BCUT2D eigenvalue weighted by molar-refractivity contribution is -0.366. The Kier molecular flexibility index (Phi) is 13.2. The van der Waals surface area contributed by atoms with E-state index in [1.54, 1.807) is 6.20 Å². The van der Waals surface area contributed by atoms with Gasteiger partial charge in [0.1, 0.15) is 84.8 Å². The number of benzene rings is 1. The third-order valence-corrected chi connectivity index (χ3v) is 11.5. The van der Waals surface area contributed by atoms with Crippen LogP contribution in [-0.4, -0.2) is 202 Å². The van der Waals surface area contributed by atoms with Crippen molar-refractivity contribution < 1.29 is 85.0 Å². The molecule has 1 aromatic carbocycles. The van der Waals surface area contributed by atoms with Crippen molar-refractivity contribution in [2.24, 2.45) is 0 Å². The monoisotopic (exact) mass is 776 g/mol. The molecule has 20 heteroatoms. The molecule has 0 spiro atoms. The van der Waals surface area contributed by atoms with E-state index in [0.29, 0.717) is 0 Å². The molecule has 1 aromatic heterocycles. The Labute approximate surface area is 307 Å². The molecule has 0 amide bonds. The fourth-order valence-electron chi connectivity index (χ4n) is 7.16. The number of aromatic nitrogens is 1. The van der Waals surface area contributed by atoms with Gasteiger partial charge in [0, 0.05) is 22.0 Å². The van der Waals surface area contributed by atoms with Crippen LogP contribution in [0.2, 0.25) is 0 Å². The van der Waals surface area contributed by atoms with Gasteiger partial charge >= 0.3 is 0 Å². The van der Waals surface area contributed by atoms with Crippen LogP contribution in [0, 0.1) is 0 Å². The number of aromatic amines is 1. The number of hydrogen-bond acceptors (Lipinski definition) is 19. The smallest absolute Gasteiger partial charge is 0.187 e. The zero-order valence-corrected chi connectivity index (χ0v) is 29.2. The van der Waals surface area contributed by atoms with E-state index >= 15 is 0 Å². The number of H-pyrrole nitrogens is 1. The molecule has 3 fully saturated rings. The maximum atomic E-state index is 11.1. The van der Waals surface area contributed by atoms with Crippen molar-refractivity contribution in [3.63, 3.8) is 0 Å². The number of hydrogen-bond donors (Lipinski definition) is 14. The number of rotatable bonds is 11. The molecule has 4 aliphatic rings. The standard InChI is InChI=1S/C33H48N2O17S/c1-11-19(35-15-6-12(8-36)20(39)23(42)21(15)40)22(41)26(45)31(48-11)51-29-16(9-37)49-32(27(46)24(29)43)52-30-17(10-38)50-33(28(47)25(30)44)53-18-7-34-14-5-3-2-4-13(14)18/h2-7,11,15-17,19-47H,8-10H2,1H3. The van der Waals surface area contributed by atoms with Gasteiger partial charge in [0.25, 0.3) is 0 Å². The van der Waals surface area contributed by atoms with E-state index in [9.17, 15) is 61.3 Å². The quantitative estimate of drug-likeness (QED) is 0.0948. The number of ether oxygens (including phenoxy) is 5. The molecule has 4 heterocycles. The third kappa shape index (κ3) is 8.05. The maximum Gasteiger partial charge on any atom is 0.187 e. The summed E-state index contributed by atoms with van der Waals surface area (Å²) in [5.41, 5.74) is -0.167. The maximum absolute atomic E-state index is 11.1. The van der Waals surface area contributed by atoms with Gasteiger partial charge in [-0.1, -0.05) is 36.0 Å². The lowest BCUT2D eigenvalue weighted by atomic mass is 9.86. The second-order valence-electron chi connectivity index (χ2n) is 13.7. The van der Waals surface area contributed by atoms with Gasteiger partial charge in [-0.25, -0.2) is 0 Å². The molecule has 3 saturated heterocycles. The fraction of sp³-hybridized carbons (Fsp3) is 0.697. The predicted octanol–water partition coefficient (Wildman–Crippen LogP) is -5.28. The van der Waals surface area contributed by atoms with Gasteiger partial charge in [0.15, 0.2) is 12.6 Å². The highest BCUT2D eigenvalue weighted by Gasteiger charge is 2.54. The molecule has 19 nitrogen and oxygen atoms in total. The second kappa shape index (κ2) is 17.1. The van der Waals surface area contributed by atoms with Crippen molar-refractivity contribution in [2.45, 2.75) is 127 Å². The van der Waals surface area contributed by atoms with Gasteiger partial charge in [-0.05, 0) is 18.6 Å². The summed E-state index contributed by atoms with van der Waals surface area (Å²) in [5, 5.41) is 131. The Morgan fingerprint density at radius 2 is 1.32 bits per heavy atom. The Morgan fingerprint density at radius 3 is 1.98 bits per heavy atom. The number of para-hydroxylation sites is 1. The first kappa shape index (κ1) is 40.8. The van der Waals surface area contributed by atoms with E-state index in [1.807, 2.05) is 24.3 Å². The van der Waals surface area contributed by atoms with Crippen LogP contribution in [0.5, 0.6) is 0 Å². The molecule has 6 rings (SSSR count). The van der Waals surface area contributed by atoms with Crippen LogP contribution in [0.1, 0.15) is 6.92 Å². The third-order valence-electron chi connectivity index (χ3n) is 10.3. The van der Waals surface area contributed by atoms with Crippen LogP contribution in [0.3, 0.4) is 0 Å². The molecule has 2 aromatic rings. The van der Waals surface area contributed by atoms with E-state index in [2.05, 4.69) is 10.3 Å². The molecule has 14 N–H and O–H groups in total. The molecule has 0 radical (unpaired) electrons. The van der Waals surface area contributed by atoms with E-state index in [4.69, 9.17) is 23.7 Å². The number of fused-ring (bicyclic) bond motifs is 1. The Morgan fingerprint density at radius 1 is 0.717 bits per heavy atom. The van der Waals surface area contributed by atoms with Crippen molar-refractivity contribution in [1.29, 1.82) is 0 Å². The minimum absolute atomic E-state index is 0.0290. The SMILES string of the molecule is CC1OC(OC2C(CO)OC(OC3C(CO)OC(Sc4c[nH]c5ccccc45)C(O)C3O)C(O)C2O)C(O)C(O)C1NC1C=C(CO)C(O)C(O)C1O. The van der Waals surface area contributed by atoms with E-state index in [1.165, 1.54) is 13.0 Å². The number of aliphatic hydroxyl groups excluding tert-OH is 12. The van der Waals surface area contributed by atoms with Gasteiger partial charge in [-0.2, -0.15) is 0 Å². The molecule has 298 valence electrons. The summed E-state index contributed by atoms with van der Waals surface area (Å²) in [7, 11) is 0. The molecule has 0 bridgehead atoms. The average molecular weight is 777 g/mol. The van der Waals surface area contributed by atoms with Crippen molar-refractivity contribution >= 4 is 22.7 Å². The normalized spacial score (nSPS) is 45.3. The number of aliphatic hydroxyl groups is 12. The van der Waals surface area contributed by atoms with E-state index < -0.39 is 135 Å². The second-order valence-corrected chi connectivity index (χ2v) is 14.8. The molecular weight excluding hydrogens is 728 g/mol. The Hall–Kier alpha value is -1.87. The van der Waals surface area contributed by atoms with Gasteiger partial charge in [0.2, 0.25) is 0 Å². The number of thioether (sulfide) groups is 1. The first-order chi connectivity index (χ1) is 25.3. The van der Waals surface area contributed by atoms with Crippen LogP contribution in [0.4, 0.5) is 0 Å². The van der Waals surface area contributed by atoms with E-state index in [0.717, 1.165) is 27.6 Å². The highest BCUT2D eigenvalue weighted by Crippen LogP contribution is 2.39. The molecular formula is C33H48N2O17S. The summed E-state index contributed by atoms with van der Waals surface area (Å²) in [5.74, 6) is 0. The minimum atomic E-state index is -1.91. The predicted molar refractivity (Wildman–Crippen MR) is 180 cm³/mol. The zero-order valence-electron chi connectivity index (χ0n) is 28.4. The molecule has 1 aliphatic carbocycles. The highest BCUT2D eigenvalue weighted by atomic mass is 32.2. The van der Waals surface area contributed by atoms with Crippen molar-refractivity contribution in [3.05, 3.63) is 42.1 Å². The van der Waals surface area contributed by atoms with Crippen LogP contribution >= 0.6 is 11.8 Å². The van der Waals surface area contributed by atoms with Gasteiger partial charge in [-0.3, -0.25) is 0 Å². The summed E-state index contributed by atoms with van der Waals surface area (Å²) in [6.45, 7) is -0.606. The average Bonchev–Trinajstić information content (AvgIpc) is 3.56. The first-order valence-corrected chi connectivity index (χ1v) is 18.1. The summed E-state index contributed by atoms with van der Waals surface area (Å²) in [6, 6.07) is 5.26. The van der Waals surface area contributed by atoms with Crippen LogP contribution in [-0.2, 0) is 23.7 Å². The van der Waals surface area contributed by atoms with Crippen molar-refractivity contribution in [1.82, 2.24) is 10.3 Å². The van der Waals surface area contributed by atoms with Crippen LogP contribution < -0.4 is 5.32 Å². The van der Waals surface area contributed by atoms with Crippen LogP contribution in [0.25, 0.3) is 10.9 Å². The minimum Gasteiger partial charge on any atom is -0.394 e. The van der Waals surface area contributed by atoms with E-state index in [-0.39, 0.29) is 5.57 Å². The summed E-state index contributed by atoms with van der Waals surface area (Å²) in [4.78, 5) is 3.83. The topological polar surface area (TPSA) is 317 Å².